The summed E-state index contributed by atoms with van der Waals surface area (Å²) in [6.45, 7) is 4.24. The fourth-order valence-electron chi connectivity index (χ4n) is 1.67. The van der Waals surface area contributed by atoms with Gasteiger partial charge in [0.05, 0.1) is 0 Å². The Morgan fingerprint density at radius 2 is 2.21 bits per heavy atom. The molecule has 0 aromatic heterocycles. The van der Waals surface area contributed by atoms with Crippen molar-refractivity contribution < 1.29 is 0 Å². The van der Waals surface area contributed by atoms with Crippen LogP contribution in [0.5, 0.6) is 0 Å². The summed E-state index contributed by atoms with van der Waals surface area (Å²) in [5.41, 5.74) is 4.27. The van der Waals surface area contributed by atoms with Gasteiger partial charge in [-0.2, -0.15) is 0 Å². The molecule has 0 N–H and O–H groups in total. The number of rotatable bonds is 1. The van der Waals surface area contributed by atoms with E-state index in [2.05, 4.69) is 50.3 Å². The average molecular weight is 202 g/mol. The van der Waals surface area contributed by atoms with Crippen molar-refractivity contribution in [3.63, 3.8) is 0 Å². The summed E-state index contributed by atoms with van der Waals surface area (Å²) in [5.74, 6) is 1.12. The lowest BCUT2D eigenvalue weighted by molar-refractivity contribution is 1.29. The second-order valence-electron chi connectivity index (χ2n) is 3.46. The third kappa shape index (κ3) is 1.64. The first-order chi connectivity index (χ1) is 6.83. The lowest BCUT2D eigenvalue weighted by atomic mass is 10.0. The van der Waals surface area contributed by atoms with Crippen LogP contribution in [0.2, 0.25) is 0 Å². The van der Waals surface area contributed by atoms with Gasteiger partial charge in [-0.1, -0.05) is 36.4 Å². The van der Waals surface area contributed by atoms with Crippen LogP contribution in [0.1, 0.15) is 18.1 Å². The molecule has 0 saturated carbocycles. The Bertz CT molecular complexity index is 400. The molecule has 1 heteroatoms. The molecule has 1 aliphatic heterocycles. The number of hydrogen-bond acceptors (Lipinski definition) is 1. The minimum atomic E-state index is 1.12. The van der Waals surface area contributed by atoms with Crippen LogP contribution < -0.4 is 0 Å². The van der Waals surface area contributed by atoms with E-state index in [4.69, 9.17) is 0 Å². The maximum atomic E-state index is 2.22. The second kappa shape index (κ2) is 4.05. The number of allylic oxidation sites excluding steroid dienone is 3. The van der Waals surface area contributed by atoms with E-state index < -0.39 is 0 Å². The van der Waals surface area contributed by atoms with E-state index in [1.54, 1.807) is 0 Å². The number of aryl methyl sites for hydroxylation is 1. The predicted molar refractivity (Wildman–Crippen MR) is 64.7 cm³/mol. The Balaban J connectivity index is 2.45. The van der Waals surface area contributed by atoms with Crippen LogP contribution >= 0.6 is 11.8 Å². The lowest BCUT2D eigenvalue weighted by Gasteiger charge is -2.01. The van der Waals surface area contributed by atoms with Gasteiger partial charge in [-0.15, -0.1) is 11.8 Å². The van der Waals surface area contributed by atoms with Crippen LogP contribution in [0.25, 0.3) is 5.57 Å². The molecule has 1 aromatic rings. The molecule has 2 rings (SSSR count). The molecule has 0 amide bonds. The van der Waals surface area contributed by atoms with E-state index in [1.807, 2.05) is 11.8 Å². The Morgan fingerprint density at radius 1 is 1.36 bits per heavy atom. The molecule has 0 saturated heterocycles. The summed E-state index contributed by atoms with van der Waals surface area (Å²) in [6.07, 6.45) is 6.41. The van der Waals surface area contributed by atoms with Crippen LogP contribution in [0, 0.1) is 6.92 Å². The van der Waals surface area contributed by atoms with Crippen LogP contribution in [0.4, 0.5) is 0 Å². The minimum absolute atomic E-state index is 1.12. The van der Waals surface area contributed by atoms with E-state index in [-0.39, 0.29) is 0 Å². The molecule has 0 fully saturated rings. The first kappa shape index (κ1) is 9.60. The molecule has 0 nitrogen and oxygen atoms in total. The zero-order chi connectivity index (χ0) is 9.97. The van der Waals surface area contributed by atoms with Crippen LogP contribution in [-0.2, 0) is 0 Å². The zero-order valence-electron chi connectivity index (χ0n) is 8.58. The van der Waals surface area contributed by atoms with Crippen molar-refractivity contribution >= 4 is 17.3 Å². The largest absolute Gasteiger partial charge is 0.120 e. The third-order valence-electron chi connectivity index (χ3n) is 2.42. The highest BCUT2D eigenvalue weighted by Crippen LogP contribution is 2.40. The van der Waals surface area contributed by atoms with E-state index >= 15 is 0 Å². The van der Waals surface area contributed by atoms with Crippen molar-refractivity contribution in [3.8, 4) is 0 Å². The number of fused-ring (bicyclic) bond motifs is 1. The Morgan fingerprint density at radius 3 is 3.00 bits per heavy atom. The first-order valence-electron chi connectivity index (χ1n) is 4.87. The predicted octanol–water partition coefficient (Wildman–Crippen LogP) is 4.06. The van der Waals surface area contributed by atoms with Crippen molar-refractivity contribution in [2.24, 2.45) is 0 Å². The van der Waals surface area contributed by atoms with Gasteiger partial charge in [0.1, 0.15) is 0 Å². The van der Waals surface area contributed by atoms with Crippen molar-refractivity contribution in [2.75, 3.05) is 5.75 Å². The molecule has 0 bridgehead atoms. The molecule has 72 valence electrons. The van der Waals surface area contributed by atoms with Crippen LogP contribution in [0.15, 0.2) is 41.3 Å². The first-order valence-corrected chi connectivity index (χ1v) is 5.86. The van der Waals surface area contributed by atoms with Crippen LogP contribution in [0.3, 0.4) is 0 Å². The fourth-order valence-corrected chi connectivity index (χ4v) is 2.88. The summed E-state index contributed by atoms with van der Waals surface area (Å²) < 4.78 is 0. The van der Waals surface area contributed by atoms with Gasteiger partial charge < -0.3 is 0 Å². The van der Waals surface area contributed by atoms with Crippen molar-refractivity contribution in [3.05, 3.63) is 47.6 Å². The topological polar surface area (TPSA) is 0 Å². The third-order valence-corrected chi connectivity index (χ3v) is 3.71. The number of benzene rings is 1. The Hall–Kier alpha value is -0.950. The molecule has 0 radical (unpaired) electrons. The molecule has 0 unspecified atom stereocenters. The van der Waals surface area contributed by atoms with Gasteiger partial charge >= 0.3 is 0 Å². The zero-order valence-corrected chi connectivity index (χ0v) is 9.40. The van der Waals surface area contributed by atoms with Crippen molar-refractivity contribution in [2.45, 2.75) is 18.7 Å². The summed E-state index contributed by atoms with van der Waals surface area (Å²) in [4.78, 5) is 1.46. The monoisotopic (exact) mass is 202 g/mol. The molecule has 14 heavy (non-hydrogen) atoms. The molecular weight excluding hydrogens is 188 g/mol. The van der Waals surface area contributed by atoms with E-state index in [9.17, 15) is 0 Å². The van der Waals surface area contributed by atoms with Gasteiger partial charge in [0.15, 0.2) is 0 Å². The highest BCUT2D eigenvalue weighted by molar-refractivity contribution is 8.00. The van der Waals surface area contributed by atoms with Crippen molar-refractivity contribution in [1.29, 1.82) is 0 Å². The van der Waals surface area contributed by atoms with Crippen LogP contribution in [-0.4, -0.2) is 5.75 Å². The van der Waals surface area contributed by atoms with E-state index in [1.165, 1.54) is 21.6 Å². The van der Waals surface area contributed by atoms with E-state index in [0.29, 0.717) is 0 Å². The molecule has 1 heterocycles. The lowest BCUT2D eigenvalue weighted by Crippen LogP contribution is -1.81. The minimum Gasteiger partial charge on any atom is -0.120 e. The number of hydrogen-bond donors (Lipinski definition) is 0. The molecular formula is C13H14S. The van der Waals surface area contributed by atoms with Gasteiger partial charge in [0, 0.05) is 10.6 Å². The van der Waals surface area contributed by atoms with Gasteiger partial charge in [-0.25, -0.2) is 0 Å². The summed E-state index contributed by atoms with van der Waals surface area (Å²) >= 11 is 1.95. The van der Waals surface area contributed by atoms with Gasteiger partial charge in [0.2, 0.25) is 0 Å². The molecule has 1 aromatic carbocycles. The molecule has 0 atom stereocenters. The second-order valence-corrected chi connectivity index (χ2v) is 4.44. The van der Waals surface area contributed by atoms with Crippen molar-refractivity contribution in [1.82, 2.24) is 0 Å². The summed E-state index contributed by atoms with van der Waals surface area (Å²) in [5, 5.41) is 0. The fraction of sp³-hybridized carbons (Fsp3) is 0.231. The van der Waals surface area contributed by atoms with Gasteiger partial charge in [-0.05, 0) is 30.5 Å². The van der Waals surface area contributed by atoms with E-state index in [0.717, 1.165) is 5.75 Å². The maximum absolute atomic E-state index is 2.22. The molecule has 1 aliphatic rings. The smallest absolute Gasteiger partial charge is 0.0238 e. The normalized spacial score (nSPS) is 18.0. The Labute approximate surface area is 89.7 Å². The highest BCUT2D eigenvalue weighted by atomic mass is 32.2. The number of thioether (sulfide) groups is 1. The summed E-state index contributed by atoms with van der Waals surface area (Å²) in [7, 11) is 0. The standard InChI is InChI=1S/C13H14S/c1-3-4-7-11-9-14-13-10(2)6-5-8-12(11)13/h3-8H,9H2,1-2H3/b4-3-,11-7+. The Kier molecular flexibility index (Phi) is 2.78. The quantitative estimate of drug-likeness (QED) is 0.661. The SMILES string of the molecule is C/C=C\C=C1/CSc2c(C)cccc21. The van der Waals surface area contributed by atoms with Gasteiger partial charge in [-0.3, -0.25) is 0 Å². The highest BCUT2D eigenvalue weighted by Gasteiger charge is 2.17. The average Bonchev–Trinajstić information content (AvgIpc) is 2.60. The van der Waals surface area contributed by atoms with Gasteiger partial charge in [0.25, 0.3) is 0 Å². The maximum Gasteiger partial charge on any atom is 0.0238 e. The summed E-state index contributed by atoms with van der Waals surface area (Å²) in [6, 6.07) is 6.55. The molecule has 0 aliphatic carbocycles. The molecule has 0 spiro atoms.